The largest absolute Gasteiger partial charge is 0.466 e. The molecule has 1 atom stereocenters. The van der Waals surface area contributed by atoms with Crippen LogP contribution >= 0.6 is 0 Å². The van der Waals surface area contributed by atoms with Crippen LogP contribution in [0.2, 0.25) is 0 Å². The Morgan fingerprint density at radius 1 is 1.41 bits per heavy atom. The molecule has 0 aromatic rings. The SMILES string of the molecule is CN(C(=O)OC(C)(C)C)C1CCOC(=O)CC1. The molecule has 0 aromatic heterocycles. The molecular formula is C12H21NO4. The van der Waals surface area contributed by atoms with Crippen LogP contribution in [0.1, 0.15) is 40.0 Å². The molecule has 0 bridgehead atoms. The molecule has 17 heavy (non-hydrogen) atoms. The van der Waals surface area contributed by atoms with E-state index in [0.717, 1.165) is 0 Å². The third-order valence-electron chi connectivity index (χ3n) is 2.63. The number of rotatable bonds is 1. The van der Waals surface area contributed by atoms with Gasteiger partial charge in [-0.05, 0) is 27.2 Å². The van der Waals surface area contributed by atoms with Crippen LogP contribution in [0.3, 0.4) is 0 Å². The summed E-state index contributed by atoms with van der Waals surface area (Å²) in [7, 11) is 1.70. The van der Waals surface area contributed by atoms with Crippen molar-refractivity contribution >= 4 is 12.1 Å². The van der Waals surface area contributed by atoms with Crippen molar-refractivity contribution in [2.24, 2.45) is 0 Å². The fraction of sp³-hybridized carbons (Fsp3) is 0.833. The van der Waals surface area contributed by atoms with Gasteiger partial charge in [-0.25, -0.2) is 4.79 Å². The van der Waals surface area contributed by atoms with Crippen molar-refractivity contribution in [3.8, 4) is 0 Å². The highest BCUT2D eigenvalue weighted by Crippen LogP contribution is 2.17. The number of nitrogens with zero attached hydrogens (tertiary/aromatic N) is 1. The summed E-state index contributed by atoms with van der Waals surface area (Å²) in [6, 6.07) is 0.0105. The van der Waals surface area contributed by atoms with Crippen LogP contribution < -0.4 is 0 Å². The van der Waals surface area contributed by atoms with E-state index in [1.165, 1.54) is 0 Å². The lowest BCUT2D eigenvalue weighted by molar-refractivity contribution is -0.142. The lowest BCUT2D eigenvalue weighted by Gasteiger charge is -2.29. The second kappa shape index (κ2) is 5.38. The van der Waals surface area contributed by atoms with E-state index < -0.39 is 5.60 Å². The third kappa shape index (κ3) is 4.63. The summed E-state index contributed by atoms with van der Waals surface area (Å²) in [4.78, 5) is 24.5. The molecule has 1 unspecified atom stereocenters. The van der Waals surface area contributed by atoms with Gasteiger partial charge in [-0.3, -0.25) is 4.79 Å². The van der Waals surface area contributed by atoms with Gasteiger partial charge >= 0.3 is 12.1 Å². The molecule has 1 rings (SSSR count). The van der Waals surface area contributed by atoms with Gasteiger partial charge in [0.1, 0.15) is 5.60 Å². The van der Waals surface area contributed by atoms with E-state index in [4.69, 9.17) is 9.47 Å². The van der Waals surface area contributed by atoms with Crippen LogP contribution in [0.4, 0.5) is 4.79 Å². The number of carbonyl (C=O) groups is 2. The Kier molecular flexibility index (Phi) is 4.37. The van der Waals surface area contributed by atoms with E-state index in [-0.39, 0.29) is 18.1 Å². The zero-order valence-electron chi connectivity index (χ0n) is 11.0. The summed E-state index contributed by atoms with van der Waals surface area (Å²) in [5, 5.41) is 0. The number of amides is 1. The predicted molar refractivity (Wildman–Crippen MR) is 62.6 cm³/mol. The molecule has 5 nitrogen and oxygen atoms in total. The monoisotopic (exact) mass is 243 g/mol. The number of ether oxygens (including phenoxy) is 2. The topological polar surface area (TPSA) is 55.8 Å². The Morgan fingerprint density at radius 3 is 2.65 bits per heavy atom. The molecule has 1 fully saturated rings. The zero-order chi connectivity index (χ0) is 13.1. The van der Waals surface area contributed by atoms with Crippen molar-refractivity contribution in [1.29, 1.82) is 0 Å². The first-order chi connectivity index (χ1) is 7.79. The summed E-state index contributed by atoms with van der Waals surface area (Å²) in [6.45, 7) is 5.87. The Morgan fingerprint density at radius 2 is 2.06 bits per heavy atom. The highest BCUT2D eigenvalue weighted by Gasteiger charge is 2.27. The number of hydrogen-bond donors (Lipinski definition) is 0. The van der Waals surface area contributed by atoms with Crippen molar-refractivity contribution < 1.29 is 19.1 Å². The molecule has 0 N–H and O–H groups in total. The van der Waals surface area contributed by atoms with Crippen LogP contribution in [0.15, 0.2) is 0 Å². The van der Waals surface area contributed by atoms with Crippen LogP contribution in [0, 0.1) is 0 Å². The maximum absolute atomic E-state index is 11.8. The van der Waals surface area contributed by atoms with Crippen molar-refractivity contribution in [3.63, 3.8) is 0 Å². The van der Waals surface area contributed by atoms with E-state index in [9.17, 15) is 9.59 Å². The molecule has 1 amide bonds. The van der Waals surface area contributed by atoms with Crippen molar-refractivity contribution in [2.45, 2.75) is 51.7 Å². The quantitative estimate of drug-likeness (QED) is 0.660. The Hall–Kier alpha value is -1.26. The lowest BCUT2D eigenvalue weighted by Crippen LogP contribution is -2.40. The summed E-state index contributed by atoms with van der Waals surface area (Å²) < 4.78 is 10.2. The van der Waals surface area contributed by atoms with Gasteiger partial charge in [-0.15, -0.1) is 0 Å². The highest BCUT2D eigenvalue weighted by atomic mass is 16.6. The first-order valence-corrected chi connectivity index (χ1v) is 5.91. The molecule has 1 saturated heterocycles. The van der Waals surface area contributed by atoms with E-state index in [0.29, 0.717) is 25.9 Å². The molecule has 1 heterocycles. The molecule has 1 aliphatic heterocycles. The summed E-state index contributed by atoms with van der Waals surface area (Å²) in [6.07, 6.45) is 1.31. The van der Waals surface area contributed by atoms with Gasteiger partial charge in [-0.1, -0.05) is 0 Å². The molecule has 0 spiro atoms. The van der Waals surface area contributed by atoms with Crippen molar-refractivity contribution in [2.75, 3.05) is 13.7 Å². The van der Waals surface area contributed by atoms with Crippen LogP contribution in [0.25, 0.3) is 0 Å². The zero-order valence-corrected chi connectivity index (χ0v) is 11.0. The number of cyclic esters (lactones) is 1. The Bertz CT molecular complexity index is 295. The fourth-order valence-corrected chi connectivity index (χ4v) is 1.68. The van der Waals surface area contributed by atoms with Gasteiger partial charge in [0.15, 0.2) is 0 Å². The normalized spacial score (nSPS) is 21.4. The summed E-state index contributed by atoms with van der Waals surface area (Å²) in [5.74, 6) is -0.190. The first-order valence-electron chi connectivity index (χ1n) is 5.91. The molecular weight excluding hydrogens is 222 g/mol. The van der Waals surface area contributed by atoms with E-state index >= 15 is 0 Å². The second-order valence-electron chi connectivity index (χ2n) is 5.29. The van der Waals surface area contributed by atoms with Crippen LogP contribution in [0.5, 0.6) is 0 Å². The lowest BCUT2D eigenvalue weighted by atomic mass is 10.1. The van der Waals surface area contributed by atoms with Crippen molar-refractivity contribution in [1.82, 2.24) is 4.90 Å². The Labute approximate surface area is 102 Å². The minimum atomic E-state index is -0.498. The van der Waals surface area contributed by atoms with E-state index in [1.807, 2.05) is 20.8 Å². The van der Waals surface area contributed by atoms with E-state index in [2.05, 4.69) is 0 Å². The number of carbonyl (C=O) groups excluding carboxylic acids is 2. The van der Waals surface area contributed by atoms with Gasteiger partial charge in [0.05, 0.1) is 6.61 Å². The first kappa shape index (κ1) is 13.8. The van der Waals surface area contributed by atoms with Crippen LogP contribution in [-0.4, -0.2) is 42.3 Å². The van der Waals surface area contributed by atoms with E-state index in [1.54, 1.807) is 11.9 Å². The average molecular weight is 243 g/mol. The average Bonchev–Trinajstić information content (AvgIpc) is 2.39. The van der Waals surface area contributed by atoms with Gasteiger partial charge in [-0.2, -0.15) is 0 Å². The maximum Gasteiger partial charge on any atom is 0.410 e. The standard InChI is InChI=1S/C12H21NO4/c1-12(2,3)17-11(15)13(4)9-5-6-10(14)16-8-7-9/h9H,5-8H2,1-4H3. The third-order valence-corrected chi connectivity index (χ3v) is 2.63. The minimum Gasteiger partial charge on any atom is -0.466 e. The highest BCUT2D eigenvalue weighted by molar-refractivity contribution is 5.70. The number of hydrogen-bond acceptors (Lipinski definition) is 4. The molecule has 1 aliphatic rings. The molecule has 98 valence electrons. The van der Waals surface area contributed by atoms with Gasteiger partial charge in [0, 0.05) is 25.9 Å². The second-order valence-corrected chi connectivity index (χ2v) is 5.29. The Balaban J connectivity index is 2.53. The molecule has 0 aromatic carbocycles. The van der Waals surface area contributed by atoms with Crippen LogP contribution in [-0.2, 0) is 14.3 Å². The molecule has 0 saturated carbocycles. The predicted octanol–water partition coefficient (Wildman–Crippen LogP) is 1.95. The maximum atomic E-state index is 11.8. The van der Waals surface area contributed by atoms with Gasteiger partial charge in [0.2, 0.25) is 0 Å². The van der Waals surface area contributed by atoms with Gasteiger partial charge in [0.25, 0.3) is 0 Å². The number of esters is 1. The summed E-state index contributed by atoms with van der Waals surface area (Å²) >= 11 is 0. The minimum absolute atomic E-state index is 0.0105. The summed E-state index contributed by atoms with van der Waals surface area (Å²) in [5.41, 5.74) is -0.498. The van der Waals surface area contributed by atoms with Crippen molar-refractivity contribution in [3.05, 3.63) is 0 Å². The molecule has 5 heteroatoms. The fourth-order valence-electron chi connectivity index (χ4n) is 1.68. The smallest absolute Gasteiger partial charge is 0.410 e. The molecule has 0 aliphatic carbocycles. The molecule has 0 radical (unpaired) electrons. The van der Waals surface area contributed by atoms with Gasteiger partial charge < -0.3 is 14.4 Å².